The quantitative estimate of drug-likeness (QED) is 0.634. The smallest absolute Gasteiger partial charge is 0.241 e. The van der Waals surface area contributed by atoms with Gasteiger partial charge in [0.15, 0.2) is 0 Å². The van der Waals surface area contributed by atoms with Crippen LogP contribution in [0.1, 0.15) is 31.2 Å². The number of isocyanates is 1. The van der Waals surface area contributed by atoms with Crippen molar-refractivity contribution in [3.05, 3.63) is 29.8 Å². The summed E-state index contributed by atoms with van der Waals surface area (Å²) >= 11 is 0. The SMILES string of the molecule is CN1CCN(c2ccc(C3(N=C=O)CCCC3)cc2)C(=O)C1. The van der Waals surface area contributed by atoms with E-state index in [4.69, 9.17) is 0 Å². The largest absolute Gasteiger partial charge is 0.310 e. The highest BCUT2D eigenvalue weighted by Gasteiger charge is 2.35. The molecular formula is C17H21N3O2. The Bertz CT molecular complexity index is 599. The van der Waals surface area contributed by atoms with E-state index in [2.05, 4.69) is 4.99 Å². The van der Waals surface area contributed by atoms with Gasteiger partial charge in [-0.05, 0) is 37.6 Å². The second-order valence-corrected chi connectivity index (χ2v) is 6.27. The van der Waals surface area contributed by atoms with Crippen molar-refractivity contribution in [3.63, 3.8) is 0 Å². The van der Waals surface area contributed by atoms with Crippen molar-refractivity contribution in [2.24, 2.45) is 4.99 Å². The van der Waals surface area contributed by atoms with Gasteiger partial charge in [-0.25, -0.2) is 4.79 Å². The van der Waals surface area contributed by atoms with E-state index >= 15 is 0 Å². The third-order valence-corrected chi connectivity index (χ3v) is 4.82. The minimum absolute atomic E-state index is 0.128. The van der Waals surface area contributed by atoms with E-state index in [1.54, 1.807) is 6.08 Å². The summed E-state index contributed by atoms with van der Waals surface area (Å²) in [6, 6.07) is 7.96. The maximum absolute atomic E-state index is 12.1. The number of carbonyl (C=O) groups is 1. The van der Waals surface area contributed by atoms with Crippen molar-refractivity contribution in [2.75, 3.05) is 31.6 Å². The molecule has 0 atom stereocenters. The van der Waals surface area contributed by atoms with Crippen LogP contribution in [-0.2, 0) is 15.1 Å². The van der Waals surface area contributed by atoms with Crippen LogP contribution < -0.4 is 4.90 Å². The normalized spacial score (nSPS) is 21.7. The summed E-state index contributed by atoms with van der Waals surface area (Å²) in [5.41, 5.74) is 1.58. The van der Waals surface area contributed by atoms with E-state index in [0.717, 1.165) is 43.5 Å². The number of carbonyl (C=O) groups excluding carboxylic acids is 2. The molecule has 1 aromatic carbocycles. The van der Waals surface area contributed by atoms with Gasteiger partial charge in [-0.15, -0.1) is 0 Å². The van der Waals surface area contributed by atoms with Crippen molar-refractivity contribution in [1.82, 2.24) is 4.90 Å². The third-order valence-electron chi connectivity index (χ3n) is 4.82. The molecule has 1 saturated carbocycles. The molecule has 3 rings (SSSR count). The maximum Gasteiger partial charge on any atom is 0.241 e. The van der Waals surface area contributed by atoms with Crippen molar-refractivity contribution < 1.29 is 9.59 Å². The fourth-order valence-electron chi connectivity index (χ4n) is 3.53. The van der Waals surface area contributed by atoms with Gasteiger partial charge < -0.3 is 4.90 Å². The third kappa shape index (κ3) is 2.70. The highest BCUT2D eigenvalue weighted by atomic mass is 16.2. The van der Waals surface area contributed by atoms with E-state index in [-0.39, 0.29) is 5.91 Å². The number of hydrogen-bond acceptors (Lipinski definition) is 4. The van der Waals surface area contributed by atoms with E-state index in [1.165, 1.54) is 0 Å². The molecule has 22 heavy (non-hydrogen) atoms. The van der Waals surface area contributed by atoms with E-state index < -0.39 is 5.54 Å². The van der Waals surface area contributed by atoms with Crippen LogP contribution in [0.15, 0.2) is 29.3 Å². The topological polar surface area (TPSA) is 53.0 Å². The van der Waals surface area contributed by atoms with E-state index in [9.17, 15) is 9.59 Å². The summed E-state index contributed by atoms with van der Waals surface area (Å²) in [6.07, 6.45) is 5.71. The molecule has 1 amide bonds. The van der Waals surface area contributed by atoms with Gasteiger partial charge in [0.05, 0.1) is 12.1 Å². The molecule has 1 aliphatic carbocycles. The molecule has 0 unspecified atom stereocenters. The second-order valence-electron chi connectivity index (χ2n) is 6.27. The Hall–Kier alpha value is -1.97. The van der Waals surface area contributed by atoms with Crippen molar-refractivity contribution in [3.8, 4) is 0 Å². The molecule has 1 aliphatic heterocycles. The summed E-state index contributed by atoms with van der Waals surface area (Å²) in [4.78, 5) is 30.9. The summed E-state index contributed by atoms with van der Waals surface area (Å²) in [5.74, 6) is 0.128. The number of piperazine rings is 1. The molecule has 2 fully saturated rings. The Morgan fingerprint density at radius 1 is 1.14 bits per heavy atom. The molecule has 5 nitrogen and oxygen atoms in total. The van der Waals surface area contributed by atoms with Gasteiger partial charge >= 0.3 is 0 Å². The van der Waals surface area contributed by atoms with Crippen LogP contribution in [-0.4, -0.2) is 43.6 Å². The molecule has 0 radical (unpaired) electrons. The summed E-state index contributed by atoms with van der Waals surface area (Å²) in [7, 11) is 1.96. The Labute approximate surface area is 130 Å². The van der Waals surface area contributed by atoms with Gasteiger partial charge in [-0.2, -0.15) is 4.99 Å². The lowest BCUT2D eigenvalue weighted by Crippen LogP contribution is -2.48. The molecule has 0 bridgehead atoms. The molecule has 0 spiro atoms. The van der Waals surface area contributed by atoms with Crippen molar-refractivity contribution in [1.29, 1.82) is 0 Å². The highest BCUT2D eigenvalue weighted by Crippen LogP contribution is 2.42. The molecule has 1 saturated heterocycles. The second kappa shape index (κ2) is 6.03. The molecule has 116 valence electrons. The first-order chi connectivity index (χ1) is 10.6. The number of aliphatic imine (C=N–C) groups is 1. The number of benzene rings is 1. The van der Waals surface area contributed by atoms with Gasteiger partial charge in [-0.3, -0.25) is 9.69 Å². The lowest BCUT2D eigenvalue weighted by atomic mass is 9.89. The average molecular weight is 299 g/mol. The summed E-state index contributed by atoms with van der Waals surface area (Å²) < 4.78 is 0. The number of rotatable bonds is 3. The first kappa shape index (κ1) is 14.9. The van der Waals surface area contributed by atoms with Crippen LogP contribution in [0.5, 0.6) is 0 Å². The Morgan fingerprint density at radius 2 is 1.82 bits per heavy atom. The zero-order chi connectivity index (χ0) is 15.6. The highest BCUT2D eigenvalue weighted by molar-refractivity contribution is 5.95. The van der Waals surface area contributed by atoms with Crippen LogP contribution in [0.2, 0.25) is 0 Å². The monoisotopic (exact) mass is 299 g/mol. The van der Waals surface area contributed by atoms with Gasteiger partial charge in [0.25, 0.3) is 0 Å². The van der Waals surface area contributed by atoms with Crippen LogP contribution in [0, 0.1) is 0 Å². The average Bonchev–Trinajstić information content (AvgIpc) is 2.98. The Kier molecular flexibility index (Phi) is 4.10. The van der Waals surface area contributed by atoms with Crippen LogP contribution >= 0.6 is 0 Å². The number of likely N-dealkylation sites (N-methyl/N-ethyl adjacent to an activating group) is 1. The molecule has 2 aliphatic rings. The lowest BCUT2D eigenvalue weighted by Gasteiger charge is -2.32. The number of nitrogens with zero attached hydrogens (tertiary/aromatic N) is 3. The fourth-order valence-corrected chi connectivity index (χ4v) is 3.53. The Morgan fingerprint density at radius 3 is 2.41 bits per heavy atom. The molecule has 0 aromatic heterocycles. The predicted octanol–water partition coefficient (Wildman–Crippen LogP) is 2.07. The zero-order valence-electron chi connectivity index (χ0n) is 12.9. The fraction of sp³-hybridized carbons (Fsp3) is 0.529. The van der Waals surface area contributed by atoms with Gasteiger partial charge in [0, 0.05) is 18.8 Å². The molecule has 5 heteroatoms. The van der Waals surface area contributed by atoms with Gasteiger partial charge in [0.1, 0.15) is 0 Å². The van der Waals surface area contributed by atoms with Gasteiger partial charge in [-0.1, -0.05) is 25.0 Å². The van der Waals surface area contributed by atoms with Crippen LogP contribution in [0.25, 0.3) is 0 Å². The van der Waals surface area contributed by atoms with Crippen LogP contribution in [0.4, 0.5) is 5.69 Å². The standard InChI is InChI=1S/C17H21N3O2/c1-19-10-11-20(16(22)12-19)15-6-4-14(5-7-15)17(18-13-21)8-2-3-9-17/h4-7H,2-3,8-12H2,1H3. The number of anilines is 1. The molecular weight excluding hydrogens is 278 g/mol. The van der Waals surface area contributed by atoms with Gasteiger partial charge in [0.2, 0.25) is 12.0 Å². The van der Waals surface area contributed by atoms with Crippen LogP contribution in [0.3, 0.4) is 0 Å². The molecule has 1 aromatic rings. The van der Waals surface area contributed by atoms with E-state index in [1.807, 2.05) is 41.1 Å². The maximum atomic E-state index is 12.1. The summed E-state index contributed by atoms with van der Waals surface area (Å²) in [6.45, 7) is 2.06. The predicted molar refractivity (Wildman–Crippen MR) is 84.6 cm³/mol. The van der Waals surface area contributed by atoms with Crippen molar-refractivity contribution >= 4 is 17.7 Å². The summed E-state index contributed by atoms with van der Waals surface area (Å²) in [5, 5.41) is 0. The first-order valence-electron chi connectivity index (χ1n) is 7.83. The number of amides is 1. The molecule has 0 N–H and O–H groups in total. The van der Waals surface area contributed by atoms with E-state index in [0.29, 0.717) is 13.1 Å². The Balaban J connectivity index is 1.83. The lowest BCUT2D eigenvalue weighted by molar-refractivity contribution is -0.120. The minimum Gasteiger partial charge on any atom is -0.310 e. The minimum atomic E-state index is -0.396. The molecule has 1 heterocycles. The van der Waals surface area contributed by atoms with Crippen molar-refractivity contribution in [2.45, 2.75) is 31.2 Å². The zero-order valence-corrected chi connectivity index (χ0v) is 12.9. The first-order valence-corrected chi connectivity index (χ1v) is 7.83. The number of hydrogen-bond donors (Lipinski definition) is 0.